The zero-order valence-electron chi connectivity index (χ0n) is 17.7. The highest BCUT2D eigenvalue weighted by Crippen LogP contribution is 2.43. The number of aromatic nitrogens is 3. The number of pyridine rings is 2. The molecule has 1 saturated carbocycles. The molecule has 30 heavy (non-hydrogen) atoms. The van der Waals surface area contributed by atoms with Crippen molar-refractivity contribution < 1.29 is 9.53 Å². The van der Waals surface area contributed by atoms with E-state index in [2.05, 4.69) is 33.0 Å². The summed E-state index contributed by atoms with van der Waals surface area (Å²) in [6.07, 6.45) is 6.06. The molecule has 0 radical (unpaired) electrons. The minimum atomic E-state index is -0.686. The molecule has 3 aromatic rings. The van der Waals surface area contributed by atoms with Gasteiger partial charge in [0.2, 0.25) is 0 Å². The Bertz CT molecular complexity index is 1130. The van der Waals surface area contributed by atoms with E-state index in [9.17, 15) is 4.79 Å². The number of aryl methyl sites for hydroxylation is 1. The van der Waals surface area contributed by atoms with E-state index in [1.165, 1.54) is 23.9 Å². The molecule has 1 aliphatic carbocycles. The van der Waals surface area contributed by atoms with Crippen LogP contribution in [0.15, 0.2) is 30.6 Å². The SMILES string of the molecule is Cc1cccn2c(C(C)(C)NC(=O)c3nccc4c3OCCNC4)nc(C3CC3)c12. The Morgan fingerprint density at radius 1 is 1.33 bits per heavy atom. The van der Waals surface area contributed by atoms with Gasteiger partial charge < -0.3 is 19.8 Å². The highest BCUT2D eigenvalue weighted by atomic mass is 16.5. The Labute approximate surface area is 175 Å². The summed E-state index contributed by atoms with van der Waals surface area (Å²) in [5.74, 6) is 1.67. The minimum absolute atomic E-state index is 0.254. The van der Waals surface area contributed by atoms with Crippen molar-refractivity contribution >= 4 is 11.4 Å². The monoisotopic (exact) mass is 405 g/mol. The summed E-state index contributed by atoms with van der Waals surface area (Å²) in [6.45, 7) is 8.01. The number of nitrogens with one attached hydrogen (secondary N) is 2. The standard InChI is InChI=1S/C23H27N5O2/c1-14-5-4-11-28-19(14)17(15-6-7-15)26-22(28)23(2,3)27-21(29)18-20-16(8-9-25-18)13-24-10-12-30-20/h4-5,8-9,11,15,24H,6-7,10,12-13H2,1-3H3,(H,27,29). The van der Waals surface area contributed by atoms with Gasteiger partial charge in [-0.2, -0.15) is 0 Å². The lowest BCUT2D eigenvalue weighted by molar-refractivity contribution is 0.0898. The normalized spacial score (nSPS) is 16.6. The van der Waals surface area contributed by atoms with E-state index < -0.39 is 5.54 Å². The molecule has 1 aliphatic heterocycles. The van der Waals surface area contributed by atoms with Crippen molar-refractivity contribution in [2.24, 2.45) is 0 Å². The molecule has 2 N–H and O–H groups in total. The van der Waals surface area contributed by atoms with Crippen molar-refractivity contribution in [1.29, 1.82) is 0 Å². The van der Waals surface area contributed by atoms with Crippen LogP contribution in [0.1, 0.15) is 65.7 Å². The van der Waals surface area contributed by atoms with Crippen molar-refractivity contribution in [2.75, 3.05) is 13.2 Å². The molecule has 4 heterocycles. The number of carbonyl (C=O) groups excluding carboxylic acids is 1. The van der Waals surface area contributed by atoms with Crippen molar-refractivity contribution in [3.05, 3.63) is 58.9 Å². The average Bonchev–Trinajstić information content (AvgIpc) is 3.51. The number of imidazole rings is 1. The molecule has 3 aromatic heterocycles. The molecule has 0 aromatic carbocycles. The summed E-state index contributed by atoms with van der Waals surface area (Å²) in [6, 6.07) is 6.04. The maximum Gasteiger partial charge on any atom is 0.274 e. The summed E-state index contributed by atoms with van der Waals surface area (Å²) in [4.78, 5) is 22.6. The highest BCUT2D eigenvalue weighted by Gasteiger charge is 2.35. The predicted octanol–water partition coefficient (Wildman–Crippen LogP) is 3.06. The molecule has 7 nitrogen and oxygen atoms in total. The number of fused-ring (bicyclic) bond motifs is 2. The molecule has 1 fully saturated rings. The Morgan fingerprint density at radius 3 is 2.97 bits per heavy atom. The van der Waals surface area contributed by atoms with E-state index in [0.717, 1.165) is 23.6 Å². The molecule has 0 bridgehead atoms. The number of ether oxygens (including phenoxy) is 1. The van der Waals surface area contributed by atoms with Gasteiger partial charge in [-0.15, -0.1) is 0 Å². The Kier molecular flexibility index (Phi) is 4.50. The van der Waals surface area contributed by atoms with Crippen molar-refractivity contribution in [2.45, 2.75) is 51.6 Å². The van der Waals surface area contributed by atoms with Crippen LogP contribution in [0.5, 0.6) is 5.75 Å². The van der Waals surface area contributed by atoms with Crippen LogP contribution in [0.3, 0.4) is 0 Å². The number of nitrogens with zero attached hydrogens (tertiary/aromatic N) is 3. The quantitative estimate of drug-likeness (QED) is 0.697. The van der Waals surface area contributed by atoms with Crippen LogP contribution < -0.4 is 15.4 Å². The summed E-state index contributed by atoms with van der Waals surface area (Å²) in [5, 5.41) is 6.45. The van der Waals surface area contributed by atoms with E-state index in [4.69, 9.17) is 9.72 Å². The van der Waals surface area contributed by atoms with Gasteiger partial charge in [0.15, 0.2) is 11.4 Å². The number of amides is 1. The Morgan fingerprint density at radius 2 is 2.17 bits per heavy atom. The summed E-state index contributed by atoms with van der Waals surface area (Å²) in [7, 11) is 0. The Balaban J connectivity index is 1.52. The van der Waals surface area contributed by atoms with E-state index in [1.807, 2.05) is 32.2 Å². The molecular weight excluding hydrogens is 378 g/mol. The van der Waals surface area contributed by atoms with Gasteiger partial charge in [-0.05, 0) is 51.3 Å². The first-order valence-corrected chi connectivity index (χ1v) is 10.6. The van der Waals surface area contributed by atoms with Gasteiger partial charge in [0.05, 0.1) is 16.7 Å². The van der Waals surface area contributed by atoms with Crippen LogP contribution in [0.2, 0.25) is 0 Å². The first-order chi connectivity index (χ1) is 14.5. The Hall–Kier alpha value is -2.93. The van der Waals surface area contributed by atoms with E-state index >= 15 is 0 Å². The molecule has 2 aliphatic rings. The third kappa shape index (κ3) is 3.23. The number of hydrogen-bond donors (Lipinski definition) is 2. The fourth-order valence-electron chi connectivity index (χ4n) is 4.22. The highest BCUT2D eigenvalue weighted by molar-refractivity contribution is 5.95. The van der Waals surface area contributed by atoms with E-state index in [0.29, 0.717) is 30.5 Å². The maximum absolute atomic E-state index is 13.3. The summed E-state index contributed by atoms with van der Waals surface area (Å²) >= 11 is 0. The van der Waals surface area contributed by atoms with Crippen LogP contribution >= 0.6 is 0 Å². The van der Waals surface area contributed by atoms with Crippen molar-refractivity contribution in [3.63, 3.8) is 0 Å². The van der Waals surface area contributed by atoms with Gasteiger partial charge in [-0.1, -0.05) is 6.07 Å². The van der Waals surface area contributed by atoms with Crippen LogP contribution in [-0.2, 0) is 12.1 Å². The first kappa shape index (κ1) is 19.1. The molecule has 0 saturated heterocycles. The zero-order chi connectivity index (χ0) is 20.9. The fourth-order valence-corrected chi connectivity index (χ4v) is 4.22. The van der Waals surface area contributed by atoms with Crippen molar-refractivity contribution in [3.8, 4) is 5.75 Å². The molecule has 0 spiro atoms. The van der Waals surface area contributed by atoms with Gasteiger partial charge in [-0.25, -0.2) is 9.97 Å². The second-order valence-electron chi connectivity index (χ2n) is 8.76. The largest absolute Gasteiger partial charge is 0.489 e. The molecule has 0 atom stereocenters. The van der Waals surface area contributed by atoms with Gasteiger partial charge in [0, 0.05) is 37.0 Å². The van der Waals surface area contributed by atoms with Crippen LogP contribution in [0.4, 0.5) is 0 Å². The van der Waals surface area contributed by atoms with Gasteiger partial charge >= 0.3 is 0 Å². The van der Waals surface area contributed by atoms with Gasteiger partial charge in [0.1, 0.15) is 12.4 Å². The maximum atomic E-state index is 13.3. The second-order valence-corrected chi connectivity index (χ2v) is 8.76. The van der Waals surface area contributed by atoms with Crippen LogP contribution in [0, 0.1) is 6.92 Å². The number of rotatable bonds is 4. The summed E-state index contributed by atoms with van der Waals surface area (Å²) in [5.41, 5.74) is 4.10. The molecule has 7 heteroatoms. The van der Waals surface area contributed by atoms with Gasteiger partial charge in [0.25, 0.3) is 5.91 Å². The third-order valence-corrected chi connectivity index (χ3v) is 5.88. The fraction of sp³-hybridized carbons (Fsp3) is 0.435. The van der Waals surface area contributed by atoms with E-state index in [1.54, 1.807) is 6.20 Å². The number of hydrogen-bond acceptors (Lipinski definition) is 5. The van der Waals surface area contributed by atoms with Crippen LogP contribution in [-0.4, -0.2) is 33.4 Å². The third-order valence-electron chi connectivity index (χ3n) is 5.88. The lowest BCUT2D eigenvalue weighted by Crippen LogP contribution is -2.43. The topological polar surface area (TPSA) is 80.5 Å². The van der Waals surface area contributed by atoms with E-state index in [-0.39, 0.29) is 5.91 Å². The minimum Gasteiger partial charge on any atom is -0.489 e. The summed E-state index contributed by atoms with van der Waals surface area (Å²) < 4.78 is 7.97. The zero-order valence-corrected chi connectivity index (χ0v) is 17.7. The smallest absolute Gasteiger partial charge is 0.274 e. The van der Waals surface area contributed by atoms with Crippen molar-refractivity contribution in [1.82, 2.24) is 25.0 Å². The molecule has 5 rings (SSSR count). The van der Waals surface area contributed by atoms with Gasteiger partial charge in [-0.3, -0.25) is 4.79 Å². The number of carbonyl (C=O) groups is 1. The second kappa shape index (κ2) is 7.09. The lowest BCUT2D eigenvalue weighted by Gasteiger charge is -2.25. The molecule has 1 amide bonds. The molecule has 0 unspecified atom stereocenters. The molecule has 156 valence electrons. The lowest BCUT2D eigenvalue weighted by atomic mass is 10.0. The first-order valence-electron chi connectivity index (χ1n) is 10.6. The predicted molar refractivity (Wildman–Crippen MR) is 114 cm³/mol. The van der Waals surface area contributed by atoms with Crippen LogP contribution in [0.25, 0.3) is 5.52 Å². The average molecular weight is 406 g/mol. The molecular formula is C23H27N5O2.